The van der Waals surface area contributed by atoms with Gasteiger partial charge in [-0.15, -0.1) is 0 Å². The largest absolute Gasteiger partial charge is 0.472 e. The molecule has 4 unspecified atom stereocenters. The van der Waals surface area contributed by atoms with Crippen LogP contribution in [-0.4, -0.2) is 96.7 Å². The van der Waals surface area contributed by atoms with Crippen LogP contribution in [0.3, 0.4) is 0 Å². The minimum Gasteiger partial charge on any atom is -0.462 e. The summed E-state index contributed by atoms with van der Waals surface area (Å²) in [6.45, 7) is 9.48. The fourth-order valence-corrected chi connectivity index (χ4v) is 12.1. The van der Waals surface area contributed by atoms with E-state index >= 15 is 0 Å². The molecule has 0 aromatic carbocycles. The van der Waals surface area contributed by atoms with E-state index in [1.165, 1.54) is 167 Å². The van der Waals surface area contributed by atoms with Crippen molar-refractivity contribution in [2.75, 3.05) is 39.6 Å². The molecule has 0 saturated heterocycles. The van der Waals surface area contributed by atoms with Gasteiger partial charge >= 0.3 is 39.5 Å². The third-order valence-corrected chi connectivity index (χ3v) is 18.8. The van der Waals surface area contributed by atoms with Gasteiger partial charge in [0, 0.05) is 25.7 Å². The molecule has 0 radical (unpaired) electrons. The number of aliphatic hydroxyl groups excluding tert-OH is 1. The first-order valence-electron chi connectivity index (χ1n) is 36.6. The van der Waals surface area contributed by atoms with E-state index in [-0.39, 0.29) is 25.7 Å². The zero-order chi connectivity index (χ0) is 65.7. The highest BCUT2D eigenvalue weighted by atomic mass is 31.2. The van der Waals surface area contributed by atoms with Crippen molar-refractivity contribution >= 4 is 39.5 Å². The van der Waals surface area contributed by atoms with Crippen LogP contribution in [0, 0.1) is 11.8 Å². The van der Waals surface area contributed by atoms with Crippen LogP contribution in [0.1, 0.15) is 356 Å². The maximum atomic E-state index is 13.0. The summed E-state index contributed by atoms with van der Waals surface area (Å²) < 4.78 is 68.1. The molecule has 89 heavy (non-hydrogen) atoms. The molecule has 0 aromatic rings. The van der Waals surface area contributed by atoms with Gasteiger partial charge in [-0.25, -0.2) is 9.13 Å². The van der Waals surface area contributed by atoms with Crippen molar-refractivity contribution < 1.29 is 80.2 Å². The van der Waals surface area contributed by atoms with Crippen LogP contribution in [0.5, 0.6) is 0 Å². The molecular formula is C70H136O17P2. The molecule has 0 aliphatic carbocycles. The number of unbranched alkanes of at least 4 members (excludes halogenated alkanes) is 37. The molecule has 19 heteroatoms. The molecule has 3 N–H and O–H groups in total. The van der Waals surface area contributed by atoms with Crippen molar-refractivity contribution in [3.8, 4) is 0 Å². The Morgan fingerprint density at radius 3 is 0.798 bits per heavy atom. The molecule has 528 valence electrons. The quantitative estimate of drug-likeness (QED) is 0.0222. The lowest BCUT2D eigenvalue weighted by molar-refractivity contribution is -0.161. The summed E-state index contributed by atoms with van der Waals surface area (Å²) in [6, 6.07) is 0. The van der Waals surface area contributed by atoms with E-state index < -0.39 is 97.5 Å². The first kappa shape index (κ1) is 87.1. The van der Waals surface area contributed by atoms with Crippen molar-refractivity contribution in [1.29, 1.82) is 0 Å². The van der Waals surface area contributed by atoms with E-state index in [0.29, 0.717) is 25.7 Å². The second-order valence-corrected chi connectivity index (χ2v) is 28.7. The summed E-state index contributed by atoms with van der Waals surface area (Å²) in [4.78, 5) is 72.3. The Morgan fingerprint density at radius 2 is 0.539 bits per heavy atom. The van der Waals surface area contributed by atoms with Gasteiger partial charge in [0.2, 0.25) is 0 Å². The van der Waals surface area contributed by atoms with Crippen molar-refractivity contribution in [2.45, 2.75) is 374 Å². The Kier molecular flexibility index (Phi) is 60.8. The Labute approximate surface area is 543 Å². The number of rotatable bonds is 69. The number of aliphatic hydroxyl groups is 1. The molecule has 0 saturated carbocycles. The van der Waals surface area contributed by atoms with Gasteiger partial charge in [0.15, 0.2) is 12.2 Å². The summed E-state index contributed by atoms with van der Waals surface area (Å²) in [5, 5.41) is 10.6. The number of carbonyl (C=O) groups is 4. The molecule has 17 nitrogen and oxygen atoms in total. The molecule has 7 atom stereocenters. The lowest BCUT2D eigenvalue weighted by Crippen LogP contribution is -2.30. The van der Waals surface area contributed by atoms with E-state index in [1.807, 2.05) is 0 Å². The molecule has 0 bridgehead atoms. The van der Waals surface area contributed by atoms with Gasteiger partial charge < -0.3 is 33.8 Å². The van der Waals surface area contributed by atoms with Gasteiger partial charge in [0.25, 0.3) is 0 Å². The molecule has 0 aliphatic heterocycles. The lowest BCUT2D eigenvalue weighted by atomic mass is 9.99. The average molecular weight is 1310 g/mol. The third-order valence-electron chi connectivity index (χ3n) is 16.9. The predicted octanol–water partition coefficient (Wildman–Crippen LogP) is 20.0. The number of hydrogen-bond acceptors (Lipinski definition) is 15. The first-order valence-corrected chi connectivity index (χ1v) is 39.6. The van der Waals surface area contributed by atoms with E-state index in [4.69, 9.17) is 37.0 Å². The average Bonchev–Trinajstić information content (AvgIpc) is 3.61. The maximum absolute atomic E-state index is 13.0. The number of phosphoric acid groups is 2. The lowest BCUT2D eigenvalue weighted by Gasteiger charge is -2.21. The molecule has 0 aliphatic rings. The molecule has 0 fully saturated rings. The minimum absolute atomic E-state index is 0.104. The topological polar surface area (TPSA) is 237 Å². The zero-order valence-corrected chi connectivity index (χ0v) is 59.5. The highest BCUT2D eigenvalue weighted by molar-refractivity contribution is 7.47. The first-order chi connectivity index (χ1) is 42.9. The normalized spacial score (nSPS) is 14.8. The molecule has 0 heterocycles. The standard InChI is InChI=1S/C70H136O17P2/c1-7-11-13-15-16-17-18-19-20-21-22-23-24-25-30-36-42-48-54-69(74)87-66(59-81-68(73)53-47-41-35-29-27-26-28-33-39-44-50-62(5)9-3)61-85-89(78,79)83-57-64(71)56-82-88(76,77)84-60-65(58-80-67(72)52-46-38-14-12-8-2)86-70(75)55-49-43-37-32-31-34-40-45-51-63(6)10-4/h62-66,71H,7-61H2,1-6H3,(H,76,77)(H,78,79)/t62?,63?,64-,65+,66+/m0/s1. The van der Waals surface area contributed by atoms with Gasteiger partial charge in [0.1, 0.15) is 19.3 Å². The highest BCUT2D eigenvalue weighted by Gasteiger charge is 2.30. The van der Waals surface area contributed by atoms with Crippen LogP contribution in [-0.2, 0) is 65.4 Å². The fraction of sp³-hybridized carbons (Fsp3) is 0.943. The second kappa shape index (κ2) is 62.2. The van der Waals surface area contributed by atoms with Crippen molar-refractivity contribution in [3.63, 3.8) is 0 Å². The smallest absolute Gasteiger partial charge is 0.462 e. The second-order valence-electron chi connectivity index (χ2n) is 25.8. The van der Waals surface area contributed by atoms with Crippen LogP contribution in [0.2, 0.25) is 0 Å². The highest BCUT2D eigenvalue weighted by Crippen LogP contribution is 2.45. The summed E-state index contributed by atoms with van der Waals surface area (Å²) >= 11 is 0. The zero-order valence-electron chi connectivity index (χ0n) is 57.7. The van der Waals surface area contributed by atoms with Crippen LogP contribution >= 0.6 is 15.6 Å². The van der Waals surface area contributed by atoms with Crippen LogP contribution < -0.4 is 0 Å². The van der Waals surface area contributed by atoms with Crippen LogP contribution in [0.4, 0.5) is 0 Å². The summed E-state index contributed by atoms with van der Waals surface area (Å²) in [5.41, 5.74) is 0. The van der Waals surface area contributed by atoms with E-state index in [2.05, 4.69) is 41.5 Å². The Morgan fingerprint density at radius 1 is 0.315 bits per heavy atom. The van der Waals surface area contributed by atoms with E-state index in [1.54, 1.807) is 0 Å². The monoisotopic (exact) mass is 1310 g/mol. The minimum atomic E-state index is -4.95. The van der Waals surface area contributed by atoms with Crippen LogP contribution in [0.15, 0.2) is 0 Å². The predicted molar refractivity (Wildman–Crippen MR) is 358 cm³/mol. The summed E-state index contributed by atoms with van der Waals surface area (Å²) in [7, 11) is -9.89. The Hall–Kier alpha value is -1.94. The van der Waals surface area contributed by atoms with E-state index in [9.17, 15) is 43.2 Å². The van der Waals surface area contributed by atoms with Gasteiger partial charge in [-0.3, -0.25) is 37.3 Å². The molecule has 0 spiro atoms. The number of hydrogen-bond donors (Lipinski definition) is 3. The third kappa shape index (κ3) is 62.0. The summed E-state index contributed by atoms with van der Waals surface area (Å²) in [5.74, 6) is -0.557. The summed E-state index contributed by atoms with van der Waals surface area (Å²) in [6.07, 6.45) is 47.5. The number of carbonyl (C=O) groups excluding carboxylic acids is 4. The maximum Gasteiger partial charge on any atom is 0.472 e. The molecule has 0 rings (SSSR count). The molecule has 0 aromatic heterocycles. The SMILES string of the molecule is CCCCCCCCCCCCCCCCCCCCC(=O)O[C@H](COC(=O)CCCCCCCCCCCCC(C)CC)COP(=O)(O)OC[C@@H](O)COP(=O)(O)OC[C@@H](COC(=O)CCCCCCC)OC(=O)CCCCCCCCCCC(C)CC. The van der Waals surface area contributed by atoms with Gasteiger partial charge in [0.05, 0.1) is 26.4 Å². The van der Waals surface area contributed by atoms with Gasteiger partial charge in [-0.2, -0.15) is 0 Å². The van der Waals surface area contributed by atoms with Crippen molar-refractivity contribution in [2.24, 2.45) is 11.8 Å². The number of phosphoric ester groups is 2. The van der Waals surface area contributed by atoms with E-state index in [0.717, 1.165) is 108 Å². The Bertz CT molecular complexity index is 1740. The number of esters is 4. The van der Waals surface area contributed by atoms with Gasteiger partial charge in [-0.05, 0) is 37.5 Å². The van der Waals surface area contributed by atoms with Crippen molar-refractivity contribution in [3.05, 3.63) is 0 Å². The number of ether oxygens (including phenoxy) is 4. The van der Waals surface area contributed by atoms with Crippen LogP contribution in [0.25, 0.3) is 0 Å². The molecule has 0 amide bonds. The molecular weight excluding hydrogens is 1170 g/mol. The van der Waals surface area contributed by atoms with Gasteiger partial charge in [-0.1, -0.05) is 305 Å². The van der Waals surface area contributed by atoms with Crippen molar-refractivity contribution in [1.82, 2.24) is 0 Å². The Balaban J connectivity index is 5.16. The fourth-order valence-electron chi connectivity index (χ4n) is 10.5.